The molecule has 1 heterocycles. The van der Waals surface area contributed by atoms with Crippen molar-refractivity contribution in [3.05, 3.63) is 0 Å². The van der Waals surface area contributed by atoms with E-state index in [0.717, 1.165) is 44.6 Å². The van der Waals surface area contributed by atoms with Crippen LogP contribution in [0, 0.1) is 11.8 Å². The van der Waals surface area contributed by atoms with Crippen molar-refractivity contribution in [2.45, 2.75) is 39.7 Å². The van der Waals surface area contributed by atoms with Gasteiger partial charge in [0.15, 0.2) is 0 Å². The molecule has 0 radical (unpaired) electrons. The van der Waals surface area contributed by atoms with Crippen LogP contribution < -0.4 is 5.32 Å². The average molecular weight is 228 g/mol. The first kappa shape index (κ1) is 13.9. The van der Waals surface area contributed by atoms with E-state index in [0.29, 0.717) is 0 Å². The normalized spacial score (nSPS) is 21.6. The molecule has 3 heteroatoms. The van der Waals surface area contributed by atoms with Gasteiger partial charge in [-0.25, -0.2) is 0 Å². The van der Waals surface area contributed by atoms with Crippen LogP contribution >= 0.6 is 0 Å². The average Bonchev–Trinajstić information content (AvgIpc) is 2.27. The molecule has 16 heavy (non-hydrogen) atoms. The van der Waals surface area contributed by atoms with E-state index < -0.39 is 0 Å². The second-order valence-corrected chi connectivity index (χ2v) is 5.34. The van der Waals surface area contributed by atoms with Crippen LogP contribution in [0.25, 0.3) is 0 Å². The van der Waals surface area contributed by atoms with E-state index in [1.165, 1.54) is 12.8 Å². The van der Waals surface area contributed by atoms with Crippen molar-refractivity contribution in [3.8, 4) is 0 Å². The van der Waals surface area contributed by atoms with Crippen molar-refractivity contribution in [2.75, 3.05) is 32.7 Å². The van der Waals surface area contributed by atoms with E-state index in [1.807, 2.05) is 0 Å². The second kappa shape index (κ2) is 7.25. The van der Waals surface area contributed by atoms with E-state index in [4.69, 9.17) is 0 Å². The molecule has 0 aromatic heterocycles. The number of nitrogens with one attached hydrogen (secondary N) is 1. The van der Waals surface area contributed by atoms with Crippen molar-refractivity contribution < 1.29 is 5.11 Å². The Morgan fingerprint density at radius 3 is 2.44 bits per heavy atom. The third-order valence-corrected chi connectivity index (χ3v) is 3.67. The number of likely N-dealkylation sites (tertiary alicyclic amines) is 1. The Morgan fingerprint density at radius 1 is 1.31 bits per heavy atom. The van der Waals surface area contributed by atoms with Crippen molar-refractivity contribution in [1.82, 2.24) is 10.2 Å². The van der Waals surface area contributed by atoms with Gasteiger partial charge in [-0.3, -0.25) is 0 Å². The lowest BCUT2D eigenvalue weighted by molar-refractivity contribution is 0.0818. The molecule has 0 saturated carbocycles. The Balaban J connectivity index is 2.16. The molecule has 1 saturated heterocycles. The van der Waals surface area contributed by atoms with E-state index in [9.17, 15) is 5.11 Å². The monoisotopic (exact) mass is 228 g/mol. The maximum Gasteiger partial charge on any atom is 0.0791 e. The molecule has 0 spiro atoms. The summed E-state index contributed by atoms with van der Waals surface area (Å²) in [6.07, 6.45) is 2.38. The van der Waals surface area contributed by atoms with Gasteiger partial charge < -0.3 is 15.3 Å². The third kappa shape index (κ3) is 4.81. The Labute approximate surface area is 100 Å². The molecule has 2 N–H and O–H groups in total. The summed E-state index contributed by atoms with van der Waals surface area (Å²) in [6, 6.07) is 0. The summed E-state index contributed by atoms with van der Waals surface area (Å²) in [5.41, 5.74) is 0. The lowest BCUT2D eigenvalue weighted by Crippen LogP contribution is -2.42. The van der Waals surface area contributed by atoms with E-state index >= 15 is 0 Å². The quantitative estimate of drug-likeness (QED) is 0.720. The zero-order chi connectivity index (χ0) is 12.0. The minimum Gasteiger partial charge on any atom is -0.390 e. The zero-order valence-electron chi connectivity index (χ0n) is 11.1. The van der Waals surface area contributed by atoms with Crippen molar-refractivity contribution in [1.29, 1.82) is 0 Å². The van der Waals surface area contributed by atoms with Crippen LogP contribution in [-0.4, -0.2) is 48.8 Å². The van der Waals surface area contributed by atoms with Crippen molar-refractivity contribution >= 4 is 0 Å². The van der Waals surface area contributed by atoms with Crippen LogP contribution in [0.5, 0.6) is 0 Å². The van der Waals surface area contributed by atoms with E-state index in [2.05, 4.69) is 31.0 Å². The molecule has 3 nitrogen and oxygen atoms in total. The van der Waals surface area contributed by atoms with Gasteiger partial charge in [0, 0.05) is 13.1 Å². The molecule has 1 atom stereocenters. The van der Waals surface area contributed by atoms with Gasteiger partial charge >= 0.3 is 0 Å². The number of aliphatic hydroxyl groups is 1. The first-order valence-corrected chi connectivity index (χ1v) is 6.74. The summed E-state index contributed by atoms with van der Waals surface area (Å²) in [5.74, 6) is 1.70. The molecule has 96 valence electrons. The molecule has 1 fully saturated rings. The molecule has 0 amide bonds. The highest BCUT2D eigenvalue weighted by Gasteiger charge is 2.22. The molecule has 0 aromatic rings. The van der Waals surface area contributed by atoms with E-state index in [-0.39, 0.29) is 6.10 Å². The first-order chi connectivity index (χ1) is 7.63. The van der Waals surface area contributed by atoms with Gasteiger partial charge in [-0.2, -0.15) is 0 Å². The van der Waals surface area contributed by atoms with Crippen LogP contribution in [0.15, 0.2) is 0 Å². The van der Waals surface area contributed by atoms with Gasteiger partial charge in [0.25, 0.3) is 0 Å². The fourth-order valence-electron chi connectivity index (χ4n) is 2.48. The maximum absolute atomic E-state index is 9.80. The summed E-state index contributed by atoms with van der Waals surface area (Å²) in [4.78, 5) is 2.40. The number of nitrogens with zero attached hydrogens (tertiary/aromatic N) is 1. The van der Waals surface area contributed by atoms with Crippen LogP contribution in [-0.2, 0) is 0 Å². The smallest absolute Gasteiger partial charge is 0.0791 e. The SMILES string of the molecule is CCNCC(O)CN1CCC(C(C)C)CC1. The van der Waals surface area contributed by atoms with Gasteiger partial charge in [-0.15, -0.1) is 0 Å². The van der Waals surface area contributed by atoms with Gasteiger partial charge in [-0.05, 0) is 44.3 Å². The van der Waals surface area contributed by atoms with Gasteiger partial charge in [0.1, 0.15) is 0 Å². The fourth-order valence-corrected chi connectivity index (χ4v) is 2.48. The summed E-state index contributed by atoms with van der Waals surface area (Å²) in [6.45, 7) is 11.5. The molecule has 0 bridgehead atoms. The molecular weight excluding hydrogens is 200 g/mol. The second-order valence-electron chi connectivity index (χ2n) is 5.34. The summed E-state index contributed by atoms with van der Waals surface area (Å²) >= 11 is 0. The number of piperidine rings is 1. The van der Waals surface area contributed by atoms with Crippen molar-refractivity contribution in [2.24, 2.45) is 11.8 Å². The summed E-state index contributed by atoms with van der Waals surface area (Å²) in [7, 11) is 0. The predicted molar refractivity (Wildman–Crippen MR) is 68.6 cm³/mol. The fraction of sp³-hybridized carbons (Fsp3) is 1.00. The number of rotatable bonds is 6. The summed E-state index contributed by atoms with van der Waals surface area (Å²) in [5, 5.41) is 13.0. The molecule has 0 aliphatic carbocycles. The van der Waals surface area contributed by atoms with Crippen LogP contribution in [0.4, 0.5) is 0 Å². The minimum atomic E-state index is -0.212. The molecule has 1 aliphatic heterocycles. The molecule has 1 rings (SSSR count). The van der Waals surface area contributed by atoms with Crippen LogP contribution in [0.2, 0.25) is 0 Å². The number of β-amino-alcohol motifs (C(OH)–C–C–N with tert-alkyl or cyclic N) is 1. The molecule has 0 aromatic carbocycles. The lowest BCUT2D eigenvalue weighted by atomic mass is 9.86. The highest BCUT2D eigenvalue weighted by molar-refractivity contribution is 4.76. The van der Waals surface area contributed by atoms with Gasteiger partial charge in [0.05, 0.1) is 6.10 Å². The first-order valence-electron chi connectivity index (χ1n) is 6.74. The lowest BCUT2D eigenvalue weighted by Gasteiger charge is -2.34. The van der Waals surface area contributed by atoms with Crippen molar-refractivity contribution in [3.63, 3.8) is 0 Å². The maximum atomic E-state index is 9.80. The largest absolute Gasteiger partial charge is 0.390 e. The Bertz CT molecular complexity index is 177. The Morgan fingerprint density at radius 2 is 1.94 bits per heavy atom. The zero-order valence-corrected chi connectivity index (χ0v) is 11.1. The highest BCUT2D eigenvalue weighted by Crippen LogP contribution is 2.24. The third-order valence-electron chi connectivity index (χ3n) is 3.67. The highest BCUT2D eigenvalue weighted by atomic mass is 16.3. The molecule has 1 aliphatic rings. The number of hydrogen-bond acceptors (Lipinski definition) is 3. The Hall–Kier alpha value is -0.120. The van der Waals surface area contributed by atoms with E-state index in [1.54, 1.807) is 0 Å². The molecule has 1 unspecified atom stereocenters. The van der Waals surface area contributed by atoms with Gasteiger partial charge in [0.2, 0.25) is 0 Å². The topological polar surface area (TPSA) is 35.5 Å². The Kier molecular flexibility index (Phi) is 6.32. The van der Waals surface area contributed by atoms with Gasteiger partial charge in [-0.1, -0.05) is 20.8 Å². The van der Waals surface area contributed by atoms with Crippen LogP contribution in [0.1, 0.15) is 33.6 Å². The standard InChI is InChI=1S/C13H28N2O/c1-4-14-9-13(16)10-15-7-5-12(6-8-15)11(2)3/h11-14,16H,4-10H2,1-3H3. The number of likely N-dealkylation sites (N-methyl/N-ethyl adjacent to an activating group) is 1. The number of hydrogen-bond donors (Lipinski definition) is 2. The summed E-state index contributed by atoms with van der Waals surface area (Å²) < 4.78 is 0. The van der Waals surface area contributed by atoms with Crippen LogP contribution in [0.3, 0.4) is 0 Å². The predicted octanol–water partition coefficient (Wildman–Crippen LogP) is 1.32. The molecular formula is C13H28N2O. The minimum absolute atomic E-state index is 0.212. The number of aliphatic hydroxyl groups excluding tert-OH is 1.